The van der Waals surface area contributed by atoms with E-state index in [-0.39, 0.29) is 29.7 Å². The molecule has 11 nitrogen and oxygen atoms in total. The summed E-state index contributed by atoms with van der Waals surface area (Å²) >= 11 is 0. The van der Waals surface area contributed by atoms with E-state index in [0.29, 0.717) is 17.7 Å². The van der Waals surface area contributed by atoms with Crippen molar-refractivity contribution in [2.24, 2.45) is 5.92 Å². The fraction of sp³-hybridized carbons (Fsp3) is 0.440. The Morgan fingerprint density at radius 3 is 2.27 bits per heavy atom. The third-order valence-electron chi connectivity index (χ3n) is 6.22. The number of sulfonamides is 1. The van der Waals surface area contributed by atoms with Crippen LogP contribution >= 0.6 is 0 Å². The summed E-state index contributed by atoms with van der Waals surface area (Å²) in [6.45, 7) is 3.47. The summed E-state index contributed by atoms with van der Waals surface area (Å²) in [6.07, 6.45) is 3.30. The van der Waals surface area contributed by atoms with Gasteiger partial charge < -0.3 is 20.1 Å². The topological polar surface area (TPSA) is 144 Å². The van der Waals surface area contributed by atoms with Crippen molar-refractivity contribution in [1.82, 2.24) is 19.9 Å². The fourth-order valence-corrected chi connectivity index (χ4v) is 5.74. The Hall–Kier alpha value is -3.51. The smallest absolute Gasteiger partial charge is 0.328 e. The summed E-state index contributed by atoms with van der Waals surface area (Å²) in [5.41, 5.74) is 0.398. The number of methoxy groups -OCH3 is 2. The molecule has 0 radical (unpaired) electrons. The van der Waals surface area contributed by atoms with Gasteiger partial charge in [-0.05, 0) is 55.2 Å². The van der Waals surface area contributed by atoms with Crippen molar-refractivity contribution in [3.05, 3.63) is 54.4 Å². The molecule has 1 aromatic heterocycles. The molecule has 3 rings (SSSR count). The molecule has 37 heavy (non-hydrogen) atoms. The number of amides is 2. The number of esters is 1. The predicted molar refractivity (Wildman–Crippen MR) is 134 cm³/mol. The van der Waals surface area contributed by atoms with E-state index in [1.165, 1.54) is 50.9 Å². The summed E-state index contributed by atoms with van der Waals surface area (Å²) in [7, 11) is -1.40. The molecule has 1 saturated heterocycles. The average Bonchev–Trinajstić information content (AvgIpc) is 2.91. The number of hydrogen-bond acceptors (Lipinski definition) is 8. The van der Waals surface area contributed by atoms with Gasteiger partial charge in [-0.25, -0.2) is 13.2 Å². The third kappa shape index (κ3) is 6.63. The van der Waals surface area contributed by atoms with Crippen LogP contribution in [0.25, 0.3) is 0 Å². The van der Waals surface area contributed by atoms with Crippen molar-refractivity contribution in [3.63, 3.8) is 0 Å². The van der Waals surface area contributed by atoms with Crippen LogP contribution in [0.2, 0.25) is 0 Å². The first-order valence-electron chi connectivity index (χ1n) is 11.8. The molecule has 1 aliphatic rings. The first-order chi connectivity index (χ1) is 17.6. The Labute approximate surface area is 216 Å². The highest BCUT2D eigenvalue weighted by molar-refractivity contribution is 7.89. The minimum Gasteiger partial charge on any atom is -0.497 e. The fourth-order valence-electron chi connectivity index (χ4n) is 4.13. The van der Waals surface area contributed by atoms with Crippen LogP contribution in [0.1, 0.15) is 37.0 Å². The van der Waals surface area contributed by atoms with E-state index in [9.17, 15) is 22.8 Å². The van der Waals surface area contributed by atoms with Gasteiger partial charge in [-0.1, -0.05) is 13.8 Å². The molecule has 2 heterocycles. The molecule has 2 aromatic rings. The Balaban J connectivity index is 1.89. The van der Waals surface area contributed by atoms with Crippen molar-refractivity contribution in [2.45, 2.75) is 49.7 Å². The lowest BCUT2D eigenvalue weighted by molar-refractivity contribution is -0.147. The normalized spacial score (nSPS) is 19.1. The molecule has 1 aliphatic heterocycles. The van der Waals surface area contributed by atoms with Crippen LogP contribution in [0.3, 0.4) is 0 Å². The Morgan fingerprint density at radius 1 is 1.05 bits per heavy atom. The standard InChI is InChI=1S/C25H32N4O7S/c1-16(2)22(25(32)36-4)28-24(31)21-15-18(27-23(30)17-9-12-26-13-10-17)11-14-29(21)37(33,34)20-7-5-19(35-3)6-8-20/h5-10,12-13,16,18,21-22H,11,14-15H2,1-4H3,(H,27,30)(H,28,31)/t18-,21-,22+/m0/s1. The first-order valence-corrected chi connectivity index (χ1v) is 13.3. The second-order valence-corrected chi connectivity index (χ2v) is 10.9. The van der Waals surface area contributed by atoms with Gasteiger partial charge in [0.25, 0.3) is 5.91 Å². The molecular weight excluding hydrogens is 500 g/mol. The van der Waals surface area contributed by atoms with Crippen molar-refractivity contribution in [2.75, 3.05) is 20.8 Å². The van der Waals surface area contributed by atoms with Crippen LogP contribution in [0.4, 0.5) is 0 Å². The van der Waals surface area contributed by atoms with E-state index in [2.05, 4.69) is 15.6 Å². The number of nitrogens with zero attached hydrogens (tertiary/aromatic N) is 2. The number of benzene rings is 1. The molecule has 3 atom stereocenters. The number of nitrogens with one attached hydrogen (secondary N) is 2. The van der Waals surface area contributed by atoms with Crippen LogP contribution in [0.5, 0.6) is 5.75 Å². The maximum atomic E-state index is 13.6. The highest BCUT2D eigenvalue weighted by Gasteiger charge is 2.42. The zero-order valence-electron chi connectivity index (χ0n) is 21.2. The molecule has 0 saturated carbocycles. The number of hydrogen-bond donors (Lipinski definition) is 2. The van der Waals surface area contributed by atoms with Crippen molar-refractivity contribution >= 4 is 27.8 Å². The molecule has 0 spiro atoms. The van der Waals surface area contributed by atoms with Crippen molar-refractivity contribution < 1.29 is 32.3 Å². The minimum atomic E-state index is -4.09. The van der Waals surface area contributed by atoms with Gasteiger partial charge in [0.1, 0.15) is 17.8 Å². The lowest BCUT2D eigenvalue weighted by atomic mass is 9.97. The van der Waals surface area contributed by atoms with E-state index >= 15 is 0 Å². The maximum absolute atomic E-state index is 13.6. The summed E-state index contributed by atoms with van der Waals surface area (Å²) < 4.78 is 38.2. The van der Waals surface area contributed by atoms with E-state index in [1.807, 2.05) is 0 Å². The van der Waals surface area contributed by atoms with Crippen molar-refractivity contribution in [1.29, 1.82) is 0 Å². The molecular formula is C25H32N4O7S. The molecule has 0 bridgehead atoms. The number of pyridine rings is 1. The number of aromatic nitrogens is 1. The molecule has 200 valence electrons. The lowest BCUT2D eigenvalue weighted by Gasteiger charge is -2.38. The molecule has 1 fully saturated rings. The summed E-state index contributed by atoms with van der Waals surface area (Å²) in [5.74, 6) is -1.44. The summed E-state index contributed by atoms with van der Waals surface area (Å²) in [6, 6.07) is 6.38. The van der Waals surface area contributed by atoms with Gasteiger partial charge in [0.15, 0.2) is 0 Å². The molecule has 2 amide bonds. The Morgan fingerprint density at radius 2 is 1.70 bits per heavy atom. The second kappa shape index (κ2) is 12.2. The molecule has 1 aromatic carbocycles. The van der Waals surface area contributed by atoms with Gasteiger partial charge in [-0.2, -0.15) is 4.31 Å². The zero-order valence-corrected chi connectivity index (χ0v) is 22.0. The van der Waals surface area contributed by atoms with Crippen LogP contribution in [-0.4, -0.2) is 74.4 Å². The monoisotopic (exact) mass is 532 g/mol. The molecule has 12 heteroatoms. The van der Waals surface area contributed by atoms with Gasteiger partial charge in [0, 0.05) is 30.5 Å². The highest BCUT2D eigenvalue weighted by atomic mass is 32.2. The van der Waals surface area contributed by atoms with Gasteiger partial charge >= 0.3 is 5.97 Å². The maximum Gasteiger partial charge on any atom is 0.328 e. The largest absolute Gasteiger partial charge is 0.497 e. The number of carbonyl (C=O) groups excluding carboxylic acids is 3. The van der Waals surface area contributed by atoms with E-state index < -0.39 is 40.0 Å². The Bertz CT molecular complexity index is 1200. The second-order valence-electron chi connectivity index (χ2n) is 8.99. The van der Waals surface area contributed by atoms with Crippen LogP contribution in [-0.2, 0) is 24.3 Å². The molecule has 0 aliphatic carbocycles. The van der Waals surface area contributed by atoms with E-state index in [0.717, 1.165) is 4.31 Å². The van der Waals surface area contributed by atoms with Gasteiger partial charge in [0.05, 0.1) is 19.1 Å². The highest BCUT2D eigenvalue weighted by Crippen LogP contribution is 2.27. The van der Waals surface area contributed by atoms with Gasteiger partial charge in [0.2, 0.25) is 15.9 Å². The van der Waals surface area contributed by atoms with Crippen LogP contribution in [0, 0.1) is 5.92 Å². The average molecular weight is 533 g/mol. The van der Waals surface area contributed by atoms with Crippen molar-refractivity contribution in [3.8, 4) is 5.75 Å². The van der Waals surface area contributed by atoms with Gasteiger partial charge in [-0.3, -0.25) is 14.6 Å². The predicted octanol–water partition coefficient (Wildman–Crippen LogP) is 1.36. The minimum absolute atomic E-state index is 0.00116. The molecule has 2 N–H and O–H groups in total. The first kappa shape index (κ1) is 28.1. The Kier molecular flexibility index (Phi) is 9.22. The number of ether oxygens (including phenoxy) is 2. The molecule has 0 unspecified atom stereocenters. The van der Waals surface area contributed by atoms with Crippen LogP contribution < -0.4 is 15.4 Å². The van der Waals surface area contributed by atoms with E-state index in [4.69, 9.17) is 9.47 Å². The summed E-state index contributed by atoms with van der Waals surface area (Å²) in [4.78, 5) is 42.3. The number of piperidine rings is 1. The third-order valence-corrected chi connectivity index (χ3v) is 8.14. The van der Waals surface area contributed by atoms with Crippen LogP contribution in [0.15, 0.2) is 53.7 Å². The van der Waals surface area contributed by atoms with Gasteiger partial charge in [-0.15, -0.1) is 0 Å². The number of carbonyl (C=O) groups is 3. The lowest BCUT2D eigenvalue weighted by Crippen LogP contribution is -2.59. The quantitative estimate of drug-likeness (QED) is 0.461. The zero-order chi connectivity index (χ0) is 27.2. The number of rotatable bonds is 9. The summed E-state index contributed by atoms with van der Waals surface area (Å²) in [5, 5.41) is 5.53. The SMILES string of the molecule is COC(=O)[C@H](NC(=O)[C@@H]1C[C@@H](NC(=O)c2ccncc2)CCN1S(=O)(=O)c1ccc(OC)cc1)C(C)C. The van der Waals surface area contributed by atoms with E-state index in [1.54, 1.807) is 26.0 Å².